The van der Waals surface area contributed by atoms with Crippen molar-refractivity contribution in [3.05, 3.63) is 51.7 Å². The largest absolute Gasteiger partial charge is 0.450 e. The predicted molar refractivity (Wildman–Crippen MR) is 109 cm³/mol. The minimum absolute atomic E-state index is 0.0538. The van der Waals surface area contributed by atoms with Crippen LogP contribution in [0.3, 0.4) is 0 Å². The van der Waals surface area contributed by atoms with Crippen LogP contribution in [0.5, 0.6) is 0 Å². The Labute approximate surface area is 172 Å². The minimum Gasteiger partial charge on any atom is -0.450 e. The van der Waals surface area contributed by atoms with E-state index >= 15 is 0 Å². The van der Waals surface area contributed by atoms with Gasteiger partial charge < -0.3 is 10.1 Å². The van der Waals surface area contributed by atoms with Crippen molar-refractivity contribution in [3.63, 3.8) is 0 Å². The van der Waals surface area contributed by atoms with Gasteiger partial charge in [0.2, 0.25) is 5.91 Å². The first-order valence-electron chi connectivity index (χ1n) is 9.54. The molecule has 2 N–H and O–H groups in total. The molecule has 0 saturated heterocycles. The van der Waals surface area contributed by atoms with Crippen molar-refractivity contribution in [1.82, 2.24) is 5.32 Å². The highest BCUT2D eigenvalue weighted by atomic mass is 32.1. The number of carbonyl (C=O) groups excluding carboxylic acids is 3. The van der Waals surface area contributed by atoms with Crippen LogP contribution in [0.4, 0.5) is 14.2 Å². The Morgan fingerprint density at radius 2 is 1.97 bits per heavy atom. The summed E-state index contributed by atoms with van der Waals surface area (Å²) in [6.45, 7) is 3.95. The molecule has 3 rings (SSSR count). The number of hydrogen-bond acceptors (Lipinski definition) is 5. The molecule has 0 fully saturated rings. The zero-order chi connectivity index (χ0) is 21.0. The zero-order valence-electron chi connectivity index (χ0n) is 16.3. The van der Waals surface area contributed by atoms with Gasteiger partial charge in [0.05, 0.1) is 18.6 Å². The van der Waals surface area contributed by atoms with E-state index in [0.29, 0.717) is 28.5 Å². The average Bonchev–Trinajstić information content (AvgIpc) is 3.00. The monoisotopic (exact) mass is 418 g/mol. The summed E-state index contributed by atoms with van der Waals surface area (Å²) in [6.07, 6.45) is 1.72. The van der Waals surface area contributed by atoms with Gasteiger partial charge in [0.1, 0.15) is 10.8 Å². The molecule has 1 atom stereocenters. The maximum absolute atomic E-state index is 13.1. The van der Waals surface area contributed by atoms with Crippen molar-refractivity contribution in [2.75, 3.05) is 11.9 Å². The molecule has 3 amide bonds. The lowest BCUT2D eigenvalue weighted by Gasteiger charge is -2.18. The number of rotatable bonds is 5. The van der Waals surface area contributed by atoms with Crippen LogP contribution in [-0.2, 0) is 28.8 Å². The van der Waals surface area contributed by atoms with Crippen LogP contribution in [0.2, 0.25) is 0 Å². The molecule has 154 valence electrons. The molecule has 1 aromatic heterocycles. The summed E-state index contributed by atoms with van der Waals surface area (Å²) in [5.41, 5.74) is 1.88. The summed E-state index contributed by atoms with van der Waals surface area (Å²) in [7, 11) is 0. The van der Waals surface area contributed by atoms with Crippen LogP contribution < -0.4 is 10.6 Å². The van der Waals surface area contributed by atoms with Crippen LogP contribution in [0, 0.1) is 11.7 Å². The van der Waals surface area contributed by atoms with Gasteiger partial charge in [0.15, 0.2) is 0 Å². The number of fused-ring (bicyclic) bond motifs is 1. The van der Waals surface area contributed by atoms with Crippen LogP contribution >= 0.6 is 11.3 Å². The number of anilines is 1. The van der Waals surface area contributed by atoms with Gasteiger partial charge in [-0.25, -0.2) is 9.18 Å². The average molecular weight is 418 g/mol. The van der Waals surface area contributed by atoms with E-state index in [1.54, 1.807) is 19.1 Å². The van der Waals surface area contributed by atoms with Gasteiger partial charge >= 0.3 is 6.09 Å². The van der Waals surface area contributed by atoms with Gasteiger partial charge in [0.25, 0.3) is 5.91 Å². The van der Waals surface area contributed by atoms with Crippen LogP contribution in [0.15, 0.2) is 24.3 Å². The smallest absolute Gasteiger partial charge is 0.414 e. The third kappa shape index (κ3) is 5.20. The number of carbonyl (C=O) groups is 3. The molecule has 0 saturated carbocycles. The Balaban J connectivity index is 1.82. The fraction of sp³-hybridized carbons (Fsp3) is 0.381. The fourth-order valence-corrected chi connectivity index (χ4v) is 4.78. The molecule has 0 aliphatic heterocycles. The number of imide groups is 1. The second-order valence-corrected chi connectivity index (χ2v) is 8.19. The van der Waals surface area contributed by atoms with Crippen molar-refractivity contribution in [3.8, 4) is 0 Å². The SMILES string of the molecule is CCOC(=O)NC(=O)c1c(NC(=O)Cc2ccc(F)cc2)sc2c1CC[C@H](C)C2. The Morgan fingerprint density at radius 1 is 1.24 bits per heavy atom. The van der Waals surface area contributed by atoms with E-state index in [-0.39, 0.29) is 24.8 Å². The van der Waals surface area contributed by atoms with Crippen LogP contribution in [-0.4, -0.2) is 24.5 Å². The molecule has 29 heavy (non-hydrogen) atoms. The molecule has 0 spiro atoms. The lowest BCUT2D eigenvalue weighted by atomic mass is 9.88. The number of benzene rings is 1. The number of halogens is 1. The number of nitrogens with one attached hydrogen (secondary N) is 2. The quantitative estimate of drug-likeness (QED) is 0.766. The molecule has 2 aromatic rings. The lowest BCUT2D eigenvalue weighted by molar-refractivity contribution is -0.115. The summed E-state index contributed by atoms with van der Waals surface area (Å²) >= 11 is 1.37. The third-order valence-corrected chi connectivity index (χ3v) is 5.93. The highest BCUT2D eigenvalue weighted by molar-refractivity contribution is 7.17. The van der Waals surface area contributed by atoms with E-state index in [0.717, 1.165) is 23.3 Å². The topological polar surface area (TPSA) is 84.5 Å². The third-order valence-electron chi connectivity index (χ3n) is 4.76. The Bertz CT molecular complexity index is 924. The van der Waals surface area contributed by atoms with Gasteiger partial charge in [-0.05, 0) is 55.4 Å². The fourth-order valence-electron chi connectivity index (χ4n) is 3.36. The lowest BCUT2D eigenvalue weighted by Crippen LogP contribution is -2.32. The van der Waals surface area contributed by atoms with Gasteiger partial charge in [-0.3, -0.25) is 14.9 Å². The van der Waals surface area contributed by atoms with E-state index in [1.165, 1.54) is 23.5 Å². The van der Waals surface area contributed by atoms with Crippen molar-refractivity contribution in [2.24, 2.45) is 5.92 Å². The molecule has 6 nitrogen and oxygen atoms in total. The first-order valence-corrected chi connectivity index (χ1v) is 10.4. The molecule has 0 radical (unpaired) electrons. The van der Waals surface area contributed by atoms with E-state index in [9.17, 15) is 18.8 Å². The highest BCUT2D eigenvalue weighted by Crippen LogP contribution is 2.39. The van der Waals surface area contributed by atoms with E-state index in [1.807, 2.05) is 0 Å². The zero-order valence-corrected chi connectivity index (χ0v) is 17.2. The second kappa shape index (κ2) is 9.17. The maximum Gasteiger partial charge on any atom is 0.414 e. The van der Waals surface area contributed by atoms with Crippen molar-refractivity contribution in [2.45, 2.75) is 39.5 Å². The minimum atomic E-state index is -0.815. The van der Waals surface area contributed by atoms with Crippen molar-refractivity contribution in [1.29, 1.82) is 0 Å². The highest BCUT2D eigenvalue weighted by Gasteiger charge is 2.29. The van der Waals surface area contributed by atoms with Crippen LogP contribution in [0.25, 0.3) is 0 Å². The van der Waals surface area contributed by atoms with Gasteiger partial charge in [-0.2, -0.15) is 0 Å². The first-order chi connectivity index (χ1) is 13.9. The molecule has 1 heterocycles. The first kappa shape index (κ1) is 21.0. The Hall–Kier alpha value is -2.74. The number of thiophene rings is 1. The van der Waals surface area contributed by atoms with Gasteiger partial charge in [0, 0.05) is 4.88 Å². The Kier molecular flexibility index (Phi) is 6.64. The predicted octanol–water partition coefficient (Wildman–Crippen LogP) is 4.08. The molecule has 8 heteroatoms. The van der Waals surface area contributed by atoms with Crippen LogP contribution in [0.1, 0.15) is 46.6 Å². The molecule has 1 aromatic carbocycles. The standard InChI is InChI=1S/C21H23FN2O4S/c1-3-28-21(27)24-19(26)18-15-9-4-12(2)10-16(15)29-20(18)23-17(25)11-13-5-7-14(22)8-6-13/h5-8,12H,3-4,9-11H2,1-2H3,(H,23,25)(H,24,26,27)/t12-/m0/s1. The maximum atomic E-state index is 13.1. The molecule has 0 unspecified atom stereocenters. The van der Waals surface area contributed by atoms with Gasteiger partial charge in [-0.1, -0.05) is 19.1 Å². The second-order valence-electron chi connectivity index (χ2n) is 7.08. The van der Waals surface area contributed by atoms with E-state index in [2.05, 4.69) is 17.6 Å². The molecular weight excluding hydrogens is 395 g/mol. The molecule has 1 aliphatic rings. The molecule has 0 bridgehead atoms. The Morgan fingerprint density at radius 3 is 2.66 bits per heavy atom. The number of ether oxygens (including phenoxy) is 1. The van der Waals surface area contributed by atoms with Crippen molar-refractivity contribution >= 4 is 34.2 Å². The normalized spacial score (nSPS) is 15.3. The van der Waals surface area contributed by atoms with Gasteiger partial charge in [-0.15, -0.1) is 11.3 Å². The summed E-state index contributed by atoms with van der Waals surface area (Å²) in [6, 6.07) is 5.69. The number of amides is 3. The number of hydrogen-bond donors (Lipinski definition) is 2. The molecule has 1 aliphatic carbocycles. The summed E-state index contributed by atoms with van der Waals surface area (Å²) in [5.74, 6) is -0.766. The molecular formula is C21H23FN2O4S. The van der Waals surface area contributed by atoms with Crippen molar-refractivity contribution < 1.29 is 23.5 Å². The summed E-state index contributed by atoms with van der Waals surface area (Å²) < 4.78 is 17.8. The summed E-state index contributed by atoms with van der Waals surface area (Å²) in [5, 5.41) is 5.46. The van der Waals surface area contributed by atoms with E-state index < -0.39 is 12.0 Å². The number of alkyl carbamates (subject to hydrolysis) is 1. The van der Waals surface area contributed by atoms with E-state index in [4.69, 9.17) is 4.74 Å². The summed E-state index contributed by atoms with van der Waals surface area (Å²) in [4.78, 5) is 38.0.